The first-order valence-corrected chi connectivity index (χ1v) is 13.7. The van der Waals surface area contributed by atoms with Gasteiger partial charge in [-0.1, -0.05) is 84.9 Å². The average molecular weight is 547 g/mol. The zero-order valence-corrected chi connectivity index (χ0v) is 22.0. The Kier molecular flexibility index (Phi) is 5.92. The first kappa shape index (κ1) is 25.1. The molecule has 0 N–H and O–H groups in total. The maximum Gasteiger partial charge on any atom is 0.339 e. The molecule has 2 heterocycles. The molecule has 0 aromatic heterocycles. The topological polar surface area (TPSA) is 101 Å². The summed E-state index contributed by atoms with van der Waals surface area (Å²) in [6.45, 7) is 0.179. The number of ether oxygens (including phenoxy) is 1. The van der Waals surface area contributed by atoms with Crippen LogP contribution in [0.25, 0.3) is 0 Å². The zero-order chi connectivity index (χ0) is 28.2. The molecule has 0 radical (unpaired) electrons. The highest BCUT2D eigenvalue weighted by atomic mass is 16.5. The van der Waals surface area contributed by atoms with Crippen molar-refractivity contribution in [2.24, 2.45) is 35.5 Å². The number of para-hydroxylation sites is 1. The molecule has 5 aliphatic rings. The van der Waals surface area contributed by atoms with Crippen LogP contribution >= 0.6 is 0 Å². The Labute approximate surface area is 236 Å². The van der Waals surface area contributed by atoms with Gasteiger partial charge in [-0.25, -0.2) is 4.79 Å². The van der Waals surface area contributed by atoms with Gasteiger partial charge >= 0.3 is 5.97 Å². The molecule has 1 saturated carbocycles. The summed E-state index contributed by atoms with van der Waals surface area (Å²) < 4.78 is 5.65. The molecular formula is C33H26N2O6. The van der Waals surface area contributed by atoms with Gasteiger partial charge in [0, 0.05) is 17.4 Å². The van der Waals surface area contributed by atoms with Gasteiger partial charge in [0.05, 0.1) is 36.8 Å². The van der Waals surface area contributed by atoms with Crippen molar-refractivity contribution in [1.82, 2.24) is 9.80 Å². The van der Waals surface area contributed by atoms with Gasteiger partial charge in [-0.05, 0) is 23.3 Å². The van der Waals surface area contributed by atoms with Crippen LogP contribution in [-0.4, -0.2) is 39.4 Å². The van der Waals surface area contributed by atoms with E-state index in [2.05, 4.69) is 0 Å². The predicted octanol–water partition coefficient (Wildman–Crippen LogP) is 3.38. The highest BCUT2D eigenvalue weighted by molar-refractivity contribution is 6.12. The normalized spacial score (nSPS) is 28.0. The third kappa shape index (κ3) is 3.93. The molecule has 41 heavy (non-hydrogen) atoms. The van der Waals surface area contributed by atoms with Gasteiger partial charge in [-0.2, -0.15) is 0 Å². The van der Waals surface area contributed by atoms with Crippen molar-refractivity contribution in [3.8, 4) is 5.75 Å². The van der Waals surface area contributed by atoms with Crippen LogP contribution in [-0.2, 0) is 37.1 Å². The molecule has 6 atom stereocenters. The minimum atomic E-state index is -0.944. The van der Waals surface area contributed by atoms with E-state index in [4.69, 9.17) is 4.74 Å². The van der Waals surface area contributed by atoms with Gasteiger partial charge in [0.1, 0.15) is 5.75 Å². The molecular weight excluding hydrogens is 520 g/mol. The summed E-state index contributed by atoms with van der Waals surface area (Å²) in [5.74, 6) is -7.13. The predicted molar refractivity (Wildman–Crippen MR) is 145 cm³/mol. The van der Waals surface area contributed by atoms with Crippen molar-refractivity contribution in [3.05, 3.63) is 114 Å². The lowest BCUT2D eigenvalue weighted by Crippen LogP contribution is -2.53. The summed E-state index contributed by atoms with van der Waals surface area (Å²) >= 11 is 0. The molecule has 8 heteroatoms. The van der Waals surface area contributed by atoms with E-state index in [1.807, 2.05) is 60.7 Å². The van der Waals surface area contributed by atoms with Gasteiger partial charge < -0.3 is 4.74 Å². The number of allylic oxidation sites excluding steroid dienone is 1. The van der Waals surface area contributed by atoms with E-state index in [1.165, 1.54) is 9.80 Å². The van der Waals surface area contributed by atoms with Gasteiger partial charge in [0.2, 0.25) is 23.6 Å². The van der Waals surface area contributed by atoms with Crippen LogP contribution in [0.2, 0.25) is 0 Å². The molecule has 8 rings (SSSR count). The Morgan fingerprint density at radius 1 is 0.561 bits per heavy atom. The van der Waals surface area contributed by atoms with E-state index >= 15 is 0 Å². The molecule has 4 amide bonds. The van der Waals surface area contributed by atoms with E-state index in [0.717, 1.165) is 11.1 Å². The number of hydrogen-bond donors (Lipinski definition) is 0. The molecule has 3 aromatic carbocycles. The van der Waals surface area contributed by atoms with Crippen molar-refractivity contribution in [2.75, 3.05) is 0 Å². The van der Waals surface area contributed by atoms with Crippen LogP contribution in [0.15, 0.2) is 103 Å². The average Bonchev–Trinajstić information content (AvgIpc) is 3.41. The highest BCUT2D eigenvalue weighted by Gasteiger charge is 2.70. The standard InChI is InChI=1S/C33H26N2O6/c36-29-25-22-16-23(33(40)41-21-14-8-3-9-15-21)24(27(25)31(38)34(29)17-19-10-4-1-5-11-19)28-26(22)30(37)35(32(28)39)18-20-12-6-2-7-13-20/h1-16,22,24-28H,17-18H2/t22?,24?,25-,26?,27-,28+/m1/s1. The number of esters is 1. The second-order valence-electron chi connectivity index (χ2n) is 11.0. The number of benzene rings is 3. The van der Waals surface area contributed by atoms with E-state index in [1.54, 1.807) is 36.4 Å². The first-order chi connectivity index (χ1) is 19.9. The number of carbonyl (C=O) groups excluding carboxylic acids is 5. The van der Waals surface area contributed by atoms with E-state index in [9.17, 15) is 24.0 Å². The van der Waals surface area contributed by atoms with Crippen LogP contribution in [0.1, 0.15) is 11.1 Å². The lowest BCUT2D eigenvalue weighted by atomic mass is 9.52. The van der Waals surface area contributed by atoms with Crippen LogP contribution in [0.5, 0.6) is 5.75 Å². The maximum atomic E-state index is 13.9. The molecule has 3 unspecified atom stereocenters. The molecule has 3 aliphatic carbocycles. The van der Waals surface area contributed by atoms with E-state index in [-0.39, 0.29) is 30.5 Å². The fourth-order valence-corrected chi connectivity index (χ4v) is 7.18. The SMILES string of the molecule is O=C(Oc1ccccc1)C1=CC2C3C(=O)N(Cc4ccccc4)C(=O)[C@H]3C1[C@H]1C(=O)N(Cc3ccccc3)C(=O)[C@H]21. The van der Waals surface area contributed by atoms with Gasteiger partial charge in [-0.3, -0.25) is 29.0 Å². The number of likely N-dealkylation sites (tertiary alicyclic amines) is 2. The Morgan fingerprint density at radius 2 is 0.976 bits per heavy atom. The molecule has 2 bridgehead atoms. The summed E-state index contributed by atoms with van der Waals surface area (Å²) in [4.78, 5) is 71.5. The number of nitrogens with zero attached hydrogens (tertiary/aromatic N) is 2. The maximum absolute atomic E-state index is 13.9. The number of rotatable bonds is 6. The van der Waals surface area contributed by atoms with E-state index in [0.29, 0.717) is 5.75 Å². The van der Waals surface area contributed by atoms with Crippen molar-refractivity contribution in [3.63, 3.8) is 0 Å². The first-order valence-electron chi connectivity index (χ1n) is 13.7. The van der Waals surface area contributed by atoms with Crippen molar-refractivity contribution < 1.29 is 28.7 Å². The van der Waals surface area contributed by atoms with Crippen LogP contribution < -0.4 is 4.74 Å². The van der Waals surface area contributed by atoms with Crippen molar-refractivity contribution >= 4 is 29.6 Å². The van der Waals surface area contributed by atoms with Gasteiger partial charge in [0.15, 0.2) is 0 Å². The number of carbonyl (C=O) groups is 5. The Balaban J connectivity index is 1.27. The van der Waals surface area contributed by atoms with Gasteiger partial charge in [0.25, 0.3) is 0 Å². The lowest BCUT2D eigenvalue weighted by molar-refractivity contribution is -0.142. The molecule has 204 valence electrons. The zero-order valence-electron chi connectivity index (χ0n) is 22.0. The molecule has 2 aliphatic heterocycles. The fraction of sp³-hybridized carbons (Fsp3) is 0.242. The van der Waals surface area contributed by atoms with Crippen molar-refractivity contribution in [1.29, 1.82) is 0 Å². The largest absolute Gasteiger partial charge is 0.423 e. The molecule has 0 spiro atoms. The monoisotopic (exact) mass is 546 g/mol. The number of imide groups is 2. The number of amides is 4. The summed E-state index contributed by atoms with van der Waals surface area (Å²) in [6, 6.07) is 26.9. The second kappa shape index (κ2) is 9.66. The number of hydrogen-bond acceptors (Lipinski definition) is 6. The summed E-state index contributed by atoms with van der Waals surface area (Å²) in [5, 5.41) is 0. The van der Waals surface area contributed by atoms with Crippen LogP contribution in [0, 0.1) is 35.5 Å². The van der Waals surface area contributed by atoms with Crippen LogP contribution in [0.3, 0.4) is 0 Å². The lowest BCUT2D eigenvalue weighted by Gasteiger charge is -2.46. The molecule has 2 saturated heterocycles. The fourth-order valence-electron chi connectivity index (χ4n) is 7.18. The quantitative estimate of drug-likeness (QED) is 0.267. The third-order valence-corrected chi connectivity index (χ3v) is 8.87. The van der Waals surface area contributed by atoms with E-state index < -0.39 is 53.3 Å². The molecule has 3 fully saturated rings. The second-order valence-corrected chi connectivity index (χ2v) is 11.0. The Bertz CT molecular complexity index is 1520. The minimum absolute atomic E-state index is 0.0894. The third-order valence-electron chi connectivity index (χ3n) is 8.87. The minimum Gasteiger partial charge on any atom is -0.423 e. The smallest absolute Gasteiger partial charge is 0.339 e. The van der Waals surface area contributed by atoms with Crippen LogP contribution in [0.4, 0.5) is 0 Å². The molecule has 8 nitrogen and oxygen atoms in total. The summed E-state index contributed by atoms with van der Waals surface area (Å²) in [5.41, 5.74) is 1.77. The Morgan fingerprint density at radius 3 is 1.44 bits per heavy atom. The van der Waals surface area contributed by atoms with Crippen molar-refractivity contribution in [2.45, 2.75) is 13.1 Å². The molecule has 3 aromatic rings. The summed E-state index contributed by atoms with van der Waals surface area (Å²) in [6.07, 6.45) is 1.63. The Hall–Kier alpha value is -4.85. The summed E-state index contributed by atoms with van der Waals surface area (Å²) in [7, 11) is 0. The highest BCUT2D eigenvalue weighted by Crippen LogP contribution is 2.60. The van der Waals surface area contributed by atoms with Gasteiger partial charge in [-0.15, -0.1) is 0 Å².